The summed E-state index contributed by atoms with van der Waals surface area (Å²) in [6.45, 7) is 6.15. The van der Waals surface area contributed by atoms with Crippen LogP contribution in [0, 0.1) is 0 Å². The van der Waals surface area contributed by atoms with Crippen LogP contribution >= 0.6 is 15.9 Å². The molecule has 1 aliphatic rings. The molecule has 0 aliphatic carbocycles. The molecule has 0 aromatic heterocycles. The second-order valence-electron chi connectivity index (χ2n) is 4.85. The molecule has 1 aromatic carbocycles. The Bertz CT molecular complexity index is 397. The predicted octanol–water partition coefficient (Wildman–Crippen LogP) is 3.03. The molecule has 0 bridgehead atoms. The minimum atomic E-state index is 0.375. The molecule has 1 heterocycles. The Morgan fingerprint density at radius 3 is 3.06 bits per heavy atom. The van der Waals surface area contributed by atoms with E-state index in [1.807, 2.05) is 6.07 Å². The third-order valence-electron chi connectivity index (χ3n) is 3.36. The van der Waals surface area contributed by atoms with E-state index in [0.717, 1.165) is 49.2 Å². The molecule has 0 saturated carbocycles. The van der Waals surface area contributed by atoms with Crippen molar-refractivity contribution in [2.24, 2.45) is 0 Å². The smallest absolute Gasteiger partial charge is 0.0699 e. The lowest BCUT2D eigenvalue weighted by Crippen LogP contribution is -2.31. The lowest BCUT2D eigenvalue weighted by atomic mass is 10.1. The Kier molecular flexibility index (Phi) is 5.03. The van der Waals surface area contributed by atoms with Gasteiger partial charge in [-0.25, -0.2) is 0 Å². The molecule has 0 spiro atoms. The molecule has 4 heteroatoms. The SMILES string of the molecule is CCC1CN(Cc2ccc(Br)c(N)c2)CCCO1. The largest absolute Gasteiger partial charge is 0.398 e. The molecule has 3 nitrogen and oxygen atoms in total. The summed E-state index contributed by atoms with van der Waals surface area (Å²) in [5, 5.41) is 0. The van der Waals surface area contributed by atoms with Gasteiger partial charge >= 0.3 is 0 Å². The van der Waals surface area contributed by atoms with Crippen LogP contribution in [0.5, 0.6) is 0 Å². The molecule has 1 fully saturated rings. The lowest BCUT2D eigenvalue weighted by Gasteiger charge is -2.23. The summed E-state index contributed by atoms with van der Waals surface area (Å²) in [6.07, 6.45) is 2.57. The first-order chi connectivity index (χ1) is 8.69. The van der Waals surface area contributed by atoms with Crippen molar-refractivity contribution in [2.45, 2.75) is 32.4 Å². The van der Waals surface area contributed by atoms with E-state index in [2.05, 4.69) is 39.9 Å². The van der Waals surface area contributed by atoms with E-state index >= 15 is 0 Å². The minimum absolute atomic E-state index is 0.375. The van der Waals surface area contributed by atoms with Gasteiger partial charge < -0.3 is 10.5 Å². The number of ether oxygens (including phenoxy) is 1. The van der Waals surface area contributed by atoms with Gasteiger partial charge in [-0.3, -0.25) is 4.90 Å². The van der Waals surface area contributed by atoms with Crippen molar-refractivity contribution < 1.29 is 4.74 Å². The van der Waals surface area contributed by atoms with E-state index in [1.54, 1.807) is 0 Å². The maximum Gasteiger partial charge on any atom is 0.0699 e. The first-order valence-electron chi connectivity index (χ1n) is 6.57. The zero-order valence-electron chi connectivity index (χ0n) is 10.9. The zero-order chi connectivity index (χ0) is 13.0. The van der Waals surface area contributed by atoms with E-state index in [0.29, 0.717) is 6.10 Å². The number of halogens is 1. The van der Waals surface area contributed by atoms with Crippen LogP contribution in [0.15, 0.2) is 22.7 Å². The van der Waals surface area contributed by atoms with Crippen LogP contribution in [-0.2, 0) is 11.3 Å². The number of hydrogen-bond donors (Lipinski definition) is 1. The number of benzene rings is 1. The van der Waals surface area contributed by atoms with Gasteiger partial charge in [0, 0.05) is 36.4 Å². The second kappa shape index (κ2) is 6.55. The van der Waals surface area contributed by atoms with Crippen molar-refractivity contribution in [1.82, 2.24) is 4.90 Å². The van der Waals surface area contributed by atoms with Gasteiger partial charge in [-0.15, -0.1) is 0 Å². The van der Waals surface area contributed by atoms with E-state index in [1.165, 1.54) is 5.56 Å². The molecule has 100 valence electrons. The highest BCUT2D eigenvalue weighted by Crippen LogP contribution is 2.21. The van der Waals surface area contributed by atoms with Gasteiger partial charge in [0.05, 0.1) is 6.10 Å². The number of rotatable bonds is 3. The molecule has 1 unspecified atom stereocenters. The van der Waals surface area contributed by atoms with E-state index in [-0.39, 0.29) is 0 Å². The number of anilines is 1. The molecule has 1 aromatic rings. The number of nitrogen functional groups attached to an aromatic ring is 1. The maximum absolute atomic E-state index is 5.92. The predicted molar refractivity (Wildman–Crippen MR) is 78.5 cm³/mol. The Balaban J connectivity index is 2.00. The van der Waals surface area contributed by atoms with Crippen LogP contribution < -0.4 is 5.73 Å². The number of nitrogens with zero attached hydrogens (tertiary/aromatic N) is 1. The third-order valence-corrected chi connectivity index (χ3v) is 4.08. The van der Waals surface area contributed by atoms with Crippen LogP contribution in [0.3, 0.4) is 0 Å². The summed E-state index contributed by atoms with van der Waals surface area (Å²) in [5.74, 6) is 0. The normalized spacial score (nSPS) is 21.8. The van der Waals surface area contributed by atoms with Crippen molar-refractivity contribution in [2.75, 3.05) is 25.4 Å². The maximum atomic E-state index is 5.92. The first-order valence-corrected chi connectivity index (χ1v) is 7.36. The number of hydrogen-bond acceptors (Lipinski definition) is 3. The van der Waals surface area contributed by atoms with E-state index in [9.17, 15) is 0 Å². The molecule has 0 radical (unpaired) electrons. The zero-order valence-corrected chi connectivity index (χ0v) is 12.4. The summed E-state index contributed by atoms with van der Waals surface area (Å²) in [5.41, 5.74) is 8.00. The van der Waals surface area contributed by atoms with Crippen molar-refractivity contribution in [3.8, 4) is 0 Å². The highest BCUT2D eigenvalue weighted by atomic mass is 79.9. The fourth-order valence-corrected chi connectivity index (χ4v) is 2.56. The van der Waals surface area contributed by atoms with Crippen LogP contribution in [0.2, 0.25) is 0 Å². The number of nitrogens with two attached hydrogens (primary N) is 1. The average molecular weight is 313 g/mol. The minimum Gasteiger partial charge on any atom is -0.398 e. The first kappa shape index (κ1) is 13.8. The van der Waals surface area contributed by atoms with Gasteiger partial charge in [0.1, 0.15) is 0 Å². The fourth-order valence-electron chi connectivity index (χ4n) is 2.31. The van der Waals surface area contributed by atoms with E-state index < -0.39 is 0 Å². The van der Waals surface area contributed by atoms with Crippen molar-refractivity contribution in [3.63, 3.8) is 0 Å². The molecule has 1 saturated heterocycles. The molecule has 0 amide bonds. The summed E-state index contributed by atoms with van der Waals surface area (Å²) in [4.78, 5) is 2.46. The highest BCUT2D eigenvalue weighted by molar-refractivity contribution is 9.10. The topological polar surface area (TPSA) is 38.5 Å². The summed E-state index contributed by atoms with van der Waals surface area (Å²) in [7, 11) is 0. The van der Waals surface area contributed by atoms with Gasteiger partial charge in [-0.1, -0.05) is 13.0 Å². The van der Waals surface area contributed by atoms with Gasteiger partial charge in [-0.05, 0) is 46.5 Å². The Morgan fingerprint density at radius 2 is 2.33 bits per heavy atom. The summed E-state index contributed by atoms with van der Waals surface area (Å²) >= 11 is 3.43. The van der Waals surface area contributed by atoms with Crippen LogP contribution in [0.1, 0.15) is 25.3 Å². The molecule has 1 aliphatic heterocycles. The van der Waals surface area contributed by atoms with Crippen LogP contribution in [0.25, 0.3) is 0 Å². The van der Waals surface area contributed by atoms with Gasteiger partial charge in [0.2, 0.25) is 0 Å². The third kappa shape index (κ3) is 3.70. The van der Waals surface area contributed by atoms with Crippen LogP contribution in [0.4, 0.5) is 5.69 Å². The Morgan fingerprint density at radius 1 is 1.50 bits per heavy atom. The van der Waals surface area contributed by atoms with E-state index in [4.69, 9.17) is 10.5 Å². The lowest BCUT2D eigenvalue weighted by molar-refractivity contribution is 0.0510. The molecular weight excluding hydrogens is 292 g/mol. The van der Waals surface area contributed by atoms with Gasteiger partial charge in [-0.2, -0.15) is 0 Å². The fraction of sp³-hybridized carbons (Fsp3) is 0.571. The Labute approximate surface area is 117 Å². The second-order valence-corrected chi connectivity index (χ2v) is 5.70. The van der Waals surface area contributed by atoms with Crippen molar-refractivity contribution >= 4 is 21.6 Å². The van der Waals surface area contributed by atoms with Crippen molar-refractivity contribution in [3.05, 3.63) is 28.2 Å². The summed E-state index contributed by atoms with van der Waals surface area (Å²) < 4.78 is 6.76. The molecule has 1 atom stereocenters. The molecule has 2 rings (SSSR count). The van der Waals surface area contributed by atoms with Crippen molar-refractivity contribution in [1.29, 1.82) is 0 Å². The highest BCUT2D eigenvalue weighted by Gasteiger charge is 2.17. The molecular formula is C14H21BrN2O. The van der Waals surface area contributed by atoms with Gasteiger partial charge in [0.15, 0.2) is 0 Å². The monoisotopic (exact) mass is 312 g/mol. The van der Waals surface area contributed by atoms with Gasteiger partial charge in [0.25, 0.3) is 0 Å². The van der Waals surface area contributed by atoms with Crippen LogP contribution in [-0.4, -0.2) is 30.7 Å². The average Bonchev–Trinajstić information content (AvgIpc) is 2.59. The Hall–Kier alpha value is -0.580. The standard InChI is InChI=1S/C14H21BrN2O/c1-2-12-10-17(6-3-7-18-12)9-11-4-5-13(15)14(16)8-11/h4-5,8,12H,2-3,6-7,9-10,16H2,1H3. The molecule has 2 N–H and O–H groups in total. The molecule has 18 heavy (non-hydrogen) atoms. The summed E-state index contributed by atoms with van der Waals surface area (Å²) in [6, 6.07) is 6.21. The quantitative estimate of drug-likeness (QED) is 0.872.